The molecular weight excluding hydrogens is 307 g/mol. The van der Waals surface area contributed by atoms with Crippen LogP contribution in [0.2, 0.25) is 0 Å². The first-order chi connectivity index (χ1) is 10.4. The minimum absolute atomic E-state index is 0.0848. The molecule has 0 N–H and O–H groups in total. The summed E-state index contributed by atoms with van der Waals surface area (Å²) in [6, 6.07) is 1.67. The van der Waals surface area contributed by atoms with Crippen molar-refractivity contribution in [2.75, 3.05) is 26.4 Å². The molecule has 0 saturated carbocycles. The van der Waals surface area contributed by atoms with Crippen LogP contribution in [-0.4, -0.2) is 43.7 Å². The number of halogens is 3. The van der Waals surface area contributed by atoms with Crippen LogP contribution in [0.15, 0.2) is 12.1 Å². The molecule has 1 aliphatic rings. The van der Waals surface area contributed by atoms with Crippen molar-refractivity contribution >= 4 is 5.97 Å². The van der Waals surface area contributed by atoms with E-state index in [1.54, 1.807) is 6.92 Å². The van der Waals surface area contributed by atoms with Gasteiger partial charge in [-0.15, -0.1) is 0 Å². The lowest BCUT2D eigenvalue weighted by Gasteiger charge is -2.15. The molecule has 1 aliphatic heterocycles. The van der Waals surface area contributed by atoms with E-state index in [-0.39, 0.29) is 18.9 Å². The molecule has 122 valence electrons. The van der Waals surface area contributed by atoms with Gasteiger partial charge in [-0.3, -0.25) is 0 Å². The maximum Gasteiger partial charge on any atom is 0.421 e. The minimum atomic E-state index is -4.66. The van der Waals surface area contributed by atoms with E-state index in [0.29, 0.717) is 13.2 Å². The van der Waals surface area contributed by atoms with Crippen LogP contribution in [0.25, 0.3) is 0 Å². The summed E-state index contributed by atoms with van der Waals surface area (Å²) in [5, 5.41) is 0. The number of esters is 1. The molecule has 1 fully saturated rings. The van der Waals surface area contributed by atoms with Gasteiger partial charge in [0.25, 0.3) is 0 Å². The summed E-state index contributed by atoms with van der Waals surface area (Å²) in [5.41, 5.74) is -1.35. The van der Waals surface area contributed by atoms with Gasteiger partial charge in [0.2, 0.25) is 5.88 Å². The number of hydrogen-bond donors (Lipinski definition) is 0. The van der Waals surface area contributed by atoms with Crippen molar-refractivity contribution in [2.45, 2.75) is 19.4 Å². The van der Waals surface area contributed by atoms with Gasteiger partial charge in [-0.2, -0.15) is 13.2 Å². The third-order valence-electron chi connectivity index (χ3n) is 2.70. The topological polar surface area (TPSA) is 66.9 Å². The Bertz CT molecular complexity index is 529. The maximum absolute atomic E-state index is 12.9. The van der Waals surface area contributed by atoms with E-state index < -0.39 is 29.9 Å². The third kappa shape index (κ3) is 4.08. The Kier molecular flexibility index (Phi) is 5.19. The molecule has 0 aromatic carbocycles. The molecule has 0 atom stereocenters. The van der Waals surface area contributed by atoms with Gasteiger partial charge in [-0.05, 0) is 19.1 Å². The SMILES string of the molecule is CCOC(=O)c1ccc(C(F)(F)F)c(OCC2OCCO2)n1. The summed E-state index contributed by atoms with van der Waals surface area (Å²) in [7, 11) is 0. The lowest BCUT2D eigenvalue weighted by Crippen LogP contribution is -2.21. The van der Waals surface area contributed by atoms with E-state index >= 15 is 0 Å². The molecule has 1 saturated heterocycles. The van der Waals surface area contributed by atoms with Crippen molar-refractivity contribution in [3.05, 3.63) is 23.4 Å². The summed E-state index contributed by atoms with van der Waals surface area (Å²) in [5.74, 6) is -1.54. The second kappa shape index (κ2) is 6.93. The van der Waals surface area contributed by atoms with Crippen LogP contribution in [0.4, 0.5) is 13.2 Å². The monoisotopic (exact) mass is 321 g/mol. The Morgan fingerprint density at radius 1 is 1.36 bits per heavy atom. The second-order valence-electron chi connectivity index (χ2n) is 4.25. The Balaban J connectivity index is 2.20. The standard InChI is InChI=1S/C13H14F3NO5/c1-2-19-12(18)9-4-3-8(13(14,15)16)11(17-9)22-7-10-20-5-6-21-10/h3-4,10H,2,5-7H2,1H3. The van der Waals surface area contributed by atoms with Gasteiger partial charge in [-0.1, -0.05) is 0 Å². The average molecular weight is 321 g/mol. The van der Waals surface area contributed by atoms with Gasteiger partial charge in [-0.25, -0.2) is 9.78 Å². The zero-order valence-electron chi connectivity index (χ0n) is 11.7. The predicted octanol–water partition coefficient (Wildman–Crippen LogP) is 2.03. The van der Waals surface area contributed by atoms with Gasteiger partial charge in [0.15, 0.2) is 12.0 Å². The number of ether oxygens (including phenoxy) is 4. The zero-order valence-corrected chi connectivity index (χ0v) is 11.7. The number of pyridine rings is 1. The van der Waals surface area contributed by atoms with Crippen molar-refractivity contribution in [3.8, 4) is 5.88 Å². The fraction of sp³-hybridized carbons (Fsp3) is 0.538. The molecule has 1 aromatic heterocycles. The maximum atomic E-state index is 12.9. The molecule has 0 aliphatic carbocycles. The third-order valence-corrected chi connectivity index (χ3v) is 2.70. The number of hydrogen-bond acceptors (Lipinski definition) is 6. The molecule has 0 unspecified atom stereocenters. The summed E-state index contributed by atoms with van der Waals surface area (Å²) in [6.07, 6.45) is -5.42. The van der Waals surface area contributed by atoms with Crippen LogP contribution in [0.1, 0.15) is 23.0 Å². The molecule has 9 heteroatoms. The van der Waals surface area contributed by atoms with Gasteiger partial charge >= 0.3 is 12.1 Å². The summed E-state index contributed by atoms with van der Waals surface area (Å²) in [6.45, 7) is 2.09. The molecule has 2 heterocycles. The van der Waals surface area contributed by atoms with E-state index in [1.165, 1.54) is 0 Å². The minimum Gasteiger partial charge on any atom is -0.472 e. The number of rotatable bonds is 5. The van der Waals surface area contributed by atoms with Crippen molar-refractivity contribution in [3.63, 3.8) is 0 Å². The summed E-state index contributed by atoms with van der Waals surface area (Å²) in [4.78, 5) is 15.1. The number of aromatic nitrogens is 1. The van der Waals surface area contributed by atoms with E-state index in [1.807, 2.05) is 0 Å². The fourth-order valence-electron chi connectivity index (χ4n) is 1.74. The first-order valence-electron chi connectivity index (χ1n) is 6.53. The summed E-state index contributed by atoms with van der Waals surface area (Å²) < 4.78 is 58.7. The van der Waals surface area contributed by atoms with Crippen molar-refractivity contribution in [1.29, 1.82) is 0 Å². The van der Waals surface area contributed by atoms with Crippen molar-refractivity contribution in [2.24, 2.45) is 0 Å². The van der Waals surface area contributed by atoms with Crippen LogP contribution >= 0.6 is 0 Å². The van der Waals surface area contributed by atoms with Gasteiger partial charge in [0, 0.05) is 0 Å². The molecule has 0 bridgehead atoms. The quantitative estimate of drug-likeness (QED) is 0.773. The lowest BCUT2D eigenvalue weighted by atomic mass is 10.2. The smallest absolute Gasteiger partial charge is 0.421 e. The van der Waals surface area contributed by atoms with E-state index in [4.69, 9.17) is 18.9 Å². The normalized spacial score (nSPS) is 15.8. The van der Waals surface area contributed by atoms with E-state index in [9.17, 15) is 18.0 Å². The highest BCUT2D eigenvalue weighted by atomic mass is 19.4. The number of nitrogens with zero attached hydrogens (tertiary/aromatic N) is 1. The Morgan fingerprint density at radius 3 is 2.64 bits per heavy atom. The molecule has 1 aromatic rings. The summed E-state index contributed by atoms with van der Waals surface area (Å²) >= 11 is 0. The lowest BCUT2D eigenvalue weighted by molar-refractivity contribution is -0.140. The van der Waals surface area contributed by atoms with Gasteiger partial charge in [0.1, 0.15) is 12.2 Å². The van der Waals surface area contributed by atoms with Gasteiger partial charge < -0.3 is 18.9 Å². The molecule has 6 nitrogen and oxygen atoms in total. The van der Waals surface area contributed by atoms with Crippen molar-refractivity contribution < 1.29 is 36.9 Å². The predicted molar refractivity (Wildman–Crippen MR) is 66.4 cm³/mol. The Hall–Kier alpha value is -1.87. The fourth-order valence-corrected chi connectivity index (χ4v) is 1.74. The van der Waals surface area contributed by atoms with Crippen LogP contribution in [0.3, 0.4) is 0 Å². The highest BCUT2D eigenvalue weighted by Crippen LogP contribution is 2.35. The average Bonchev–Trinajstić information content (AvgIpc) is 2.97. The molecule has 22 heavy (non-hydrogen) atoms. The molecule has 0 amide bonds. The highest BCUT2D eigenvalue weighted by Gasteiger charge is 2.36. The first kappa shape index (κ1) is 16.5. The van der Waals surface area contributed by atoms with Crippen LogP contribution in [-0.2, 0) is 20.4 Å². The van der Waals surface area contributed by atoms with Crippen LogP contribution in [0, 0.1) is 0 Å². The van der Waals surface area contributed by atoms with E-state index in [0.717, 1.165) is 12.1 Å². The van der Waals surface area contributed by atoms with Crippen LogP contribution < -0.4 is 4.74 Å². The van der Waals surface area contributed by atoms with Gasteiger partial charge in [0.05, 0.1) is 19.8 Å². The number of alkyl halides is 3. The zero-order chi connectivity index (χ0) is 16.2. The number of carbonyl (C=O) groups excluding carboxylic acids is 1. The second-order valence-corrected chi connectivity index (χ2v) is 4.25. The first-order valence-corrected chi connectivity index (χ1v) is 6.53. The van der Waals surface area contributed by atoms with E-state index in [2.05, 4.69) is 4.98 Å². The highest BCUT2D eigenvalue weighted by molar-refractivity contribution is 5.87. The Morgan fingerprint density at radius 2 is 2.05 bits per heavy atom. The molecule has 0 spiro atoms. The molecule has 0 radical (unpaired) electrons. The molecular formula is C13H14F3NO5. The molecule has 2 rings (SSSR count). The Labute approximate surface area is 124 Å². The van der Waals surface area contributed by atoms with Crippen LogP contribution in [0.5, 0.6) is 5.88 Å². The largest absolute Gasteiger partial charge is 0.472 e. The number of carbonyl (C=O) groups is 1. The van der Waals surface area contributed by atoms with Crippen molar-refractivity contribution in [1.82, 2.24) is 4.98 Å².